The molecule has 1 aromatic heterocycles. The van der Waals surface area contributed by atoms with Gasteiger partial charge in [-0.1, -0.05) is 42.0 Å². The number of halogens is 3. The van der Waals surface area contributed by atoms with Gasteiger partial charge in [0.1, 0.15) is 12.3 Å². The molecule has 3 aromatic rings. The van der Waals surface area contributed by atoms with Gasteiger partial charge in [0.15, 0.2) is 0 Å². The van der Waals surface area contributed by atoms with Gasteiger partial charge in [-0.05, 0) is 24.6 Å². The van der Waals surface area contributed by atoms with Crippen LogP contribution in [0.3, 0.4) is 0 Å². The lowest BCUT2D eigenvalue weighted by molar-refractivity contribution is -0.145. The van der Waals surface area contributed by atoms with Crippen LogP contribution in [0.2, 0.25) is 0 Å². The largest absolute Gasteiger partial charge is 0.461 e. The molecule has 0 aliphatic carbocycles. The van der Waals surface area contributed by atoms with Crippen molar-refractivity contribution in [2.24, 2.45) is 0 Å². The summed E-state index contributed by atoms with van der Waals surface area (Å²) in [6.45, 7) is 1.82. The number of aromatic amines is 1. The summed E-state index contributed by atoms with van der Waals surface area (Å²) in [6, 6.07) is 13.9. The van der Waals surface area contributed by atoms with E-state index in [0.717, 1.165) is 11.1 Å². The highest BCUT2D eigenvalue weighted by molar-refractivity contribution is 5.89. The fourth-order valence-corrected chi connectivity index (χ4v) is 2.72. The van der Waals surface area contributed by atoms with Crippen LogP contribution < -0.4 is 0 Å². The molecular formula is C19H16F3NO2. The number of carbonyl (C=O) groups excluding carboxylic acids is 1. The maximum atomic E-state index is 13.3. The molecule has 1 N–H and O–H groups in total. The van der Waals surface area contributed by atoms with Crippen LogP contribution in [-0.4, -0.2) is 11.0 Å². The second kappa shape index (κ2) is 6.63. The van der Waals surface area contributed by atoms with Gasteiger partial charge in [-0.2, -0.15) is 13.2 Å². The molecule has 0 atom stereocenters. The lowest BCUT2D eigenvalue weighted by Gasteiger charge is -2.09. The number of aromatic nitrogens is 1. The molecule has 0 radical (unpaired) electrons. The molecule has 0 unspecified atom stereocenters. The maximum Gasteiger partial charge on any atom is 0.431 e. The highest BCUT2D eigenvalue weighted by Gasteiger charge is 2.37. The second-order valence-electron chi connectivity index (χ2n) is 5.85. The highest BCUT2D eigenvalue weighted by atomic mass is 19.4. The van der Waals surface area contributed by atoms with Crippen molar-refractivity contribution in [1.29, 1.82) is 0 Å². The van der Waals surface area contributed by atoms with Gasteiger partial charge in [0.05, 0.1) is 6.42 Å². The normalized spacial score (nSPS) is 11.7. The molecule has 3 nitrogen and oxygen atoms in total. The molecule has 0 amide bonds. The summed E-state index contributed by atoms with van der Waals surface area (Å²) in [5.74, 6) is -0.697. The van der Waals surface area contributed by atoms with E-state index in [-0.39, 0.29) is 12.2 Å². The molecule has 1 heterocycles. The minimum Gasteiger partial charge on any atom is -0.461 e. The van der Waals surface area contributed by atoms with Crippen LogP contribution >= 0.6 is 0 Å². The van der Waals surface area contributed by atoms with E-state index in [1.165, 1.54) is 0 Å². The predicted molar refractivity (Wildman–Crippen MR) is 88.0 cm³/mol. The number of rotatable bonds is 4. The third-order valence-electron chi connectivity index (χ3n) is 3.91. The third-order valence-corrected chi connectivity index (χ3v) is 3.91. The van der Waals surface area contributed by atoms with E-state index in [1.807, 2.05) is 6.07 Å². The number of ether oxygens (including phenoxy) is 1. The molecule has 6 heteroatoms. The zero-order chi connectivity index (χ0) is 18.0. The Kier molecular flexibility index (Phi) is 4.53. The minimum atomic E-state index is -4.57. The fourth-order valence-electron chi connectivity index (χ4n) is 2.72. The summed E-state index contributed by atoms with van der Waals surface area (Å²) in [7, 11) is 0. The first-order valence-electron chi connectivity index (χ1n) is 7.72. The van der Waals surface area contributed by atoms with Gasteiger partial charge >= 0.3 is 12.1 Å². The van der Waals surface area contributed by atoms with E-state index in [2.05, 4.69) is 4.98 Å². The minimum absolute atomic E-state index is 0.0302. The first-order valence-corrected chi connectivity index (χ1v) is 7.72. The molecule has 0 saturated carbocycles. The lowest BCUT2D eigenvalue weighted by atomic mass is 10.1. The molecule has 0 bridgehead atoms. The van der Waals surface area contributed by atoms with Crippen molar-refractivity contribution in [3.63, 3.8) is 0 Å². The molecule has 25 heavy (non-hydrogen) atoms. The average Bonchev–Trinajstić information content (AvgIpc) is 2.92. The number of nitrogens with one attached hydrogen (secondary N) is 1. The van der Waals surface area contributed by atoms with Gasteiger partial charge in [0, 0.05) is 16.5 Å². The van der Waals surface area contributed by atoms with E-state index < -0.39 is 24.3 Å². The van der Waals surface area contributed by atoms with E-state index in [1.54, 1.807) is 49.4 Å². The summed E-state index contributed by atoms with van der Waals surface area (Å²) in [6.07, 6.45) is -5.01. The van der Waals surface area contributed by atoms with Crippen molar-refractivity contribution in [1.82, 2.24) is 4.98 Å². The number of benzene rings is 2. The predicted octanol–water partition coefficient (Wildman–Crippen LogP) is 4.78. The van der Waals surface area contributed by atoms with Crippen LogP contribution in [0.1, 0.15) is 22.4 Å². The molecule has 0 fully saturated rings. The van der Waals surface area contributed by atoms with Gasteiger partial charge in [0.25, 0.3) is 0 Å². The Morgan fingerprint density at radius 3 is 2.52 bits per heavy atom. The van der Waals surface area contributed by atoms with Gasteiger partial charge < -0.3 is 9.72 Å². The number of carbonyl (C=O) groups is 1. The Morgan fingerprint density at radius 2 is 1.84 bits per heavy atom. The molecule has 0 aliphatic heterocycles. The third kappa shape index (κ3) is 3.84. The highest BCUT2D eigenvalue weighted by Crippen LogP contribution is 2.36. The van der Waals surface area contributed by atoms with Crippen molar-refractivity contribution in [3.05, 3.63) is 70.9 Å². The van der Waals surface area contributed by atoms with Crippen LogP contribution in [0.15, 0.2) is 48.5 Å². The number of H-pyrrole nitrogens is 1. The van der Waals surface area contributed by atoms with E-state index in [4.69, 9.17) is 4.74 Å². The van der Waals surface area contributed by atoms with Gasteiger partial charge in [-0.15, -0.1) is 0 Å². The summed E-state index contributed by atoms with van der Waals surface area (Å²) in [5.41, 5.74) is 0.971. The Balaban J connectivity index is 1.86. The number of hydrogen-bond donors (Lipinski definition) is 1. The van der Waals surface area contributed by atoms with Crippen molar-refractivity contribution < 1.29 is 22.7 Å². The Morgan fingerprint density at radius 1 is 1.12 bits per heavy atom. The monoisotopic (exact) mass is 347 g/mol. The Labute approximate surface area is 142 Å². The lowest BCUT2D eigenvalue weighted by Crippen LogP contribution is -2.13. The molecule has 0 saturated heterocycles. The first-order chi connectivity index (χ1) is 11.8. The number of esters is 1. The van der Waals surface area contributed by atoms with Crippen molar-refractivity contribution in [3.8, 4) is 0 Å². The molecule has 3 rings (SSSR count). The summed E-state index contributed by atoms with van der Waals surface area (Å²) in [4.78, 5) is 14.5. The second-order valence-corrected chi connectivity index (χ2v) is 5.85. The van der Waals surface area contributed by atoms with E-state index >= 15 is 0 Å². The first kappa shape index (κ1) is 17.1. The average molecular weight is 347 g/mol. The van der Waals surface area contributed by atoms with Crippen LogP contribution in [0.4, 0.5) is 13.2 Å². The Bertz CT molecular complexity index is 898. The quantitative estimate of drug-likeness (QED) is 0.690. The van der Waals surface area contributed by atoms with Crippen LogP contribution in [0, 0.1) is 6.92 Å². The van der Waals surface area contributed by atoms with Crippen LogP contribution in [-0.2, 0) is 28.7 Å². The SMILES string of the molecule is Cc1ccc2[nH]c(C(F)(F)F)c(CC(=O)OCc3ccccc3)c2c1. The van der Waals surface area contributed by atoms with Gasteiger partial charge in [-0.25, -0.2) is 0 Å². The zero-order valence-electron chi connectivity index (χ0n) is 13.5. The number of hydrogen-bond acceptors (Lipinski definition) is 2. The molecular weight excluding hydrogens is 331 g/mol. The zero-order valence-corrected chi connectivity index (χ0v) is 13.5. The number of aryl methyl sites for hydroxylation is 1. The van der Waals surface area contributed by atoms with Crippen molar-refractivity contribution in [2.45, 2.75) is 26.1 Å². The van der Waals surface area contributed by atoms with Crippen molar-refractivity contribution in [2.75, 3.05) is 0 Å². The molecule has 2 aromatic carbocycles. The smallest absolute Gasteiger partial charge is 0.431 e. The molecule has 0 aliphatic rings. The summed E-state index contributed by atoms with van der Waals surface area (Å²) >= 11 is 0. The maximum absolute atomic E-state index is 13.3. The van der Waals surface area contributed by atoms with Crippen molar-refractivity contribution >= 4 is 16.9 Å². The standard InChI is InChI=1S/C19H16F3NO2/c1-12-7-8-16-14(9-12)15(18(23-16)19(20,21)22)10-17(24)25-11-13-5-3-2-4-6-13/h2-9,23H,10-11H2,1H3. The summed E-state index contributed by atoms with van der Waals surface area (Å²) < 4.78 is 45.0. The van der Waals surface area contributed by atoms with Crippen LogP contribution in [0.5, 0.6) is 0 Å². The fraction of sp³-hybridized carbons (Fsp3) is 0.211. The van der Waals surface area contributed by atoms with Crippen LogP contribution in [0.25, 0.3) is 10.9 Å². The van der Waals surface area contributed by atoms with Gasteiger partial charge in [0.2, 0.25) is 0 Å². The summed E-state index contributed by atoms with van der Waals surface area (Å²) in [5, 5.41) is 0.393. The molecule has 0 spiro atoms. The number of fused-ring (bicyclic) bond motifs is 1. The van der Waals surface area contributed by atoms with E-state index in [0.29, 0.717) is 10.9 Å². The van der Waals surface area contributed by atoms with Gasteiger partial charge in [-0.3, -0.25) is 4.79 Å². The molecule has 130 valence electrons. The number of alkyl halides is 3. The Hall–Kier alpha value is -2.76. The topological polar surface area (TPSA) is 42.1 Å². The van der Waals surface area contributed by atoms with E-state index in [9.17, 15) is 18.0 Å².